The van der Waals surface area contributed by atoms with Gasteiger partial charge in [0.1, 0.15) is 16.5 Å². The number of anilines is 2. The topological polar surface area (TPSA) is 111 Å². The van der Waals surface area contributed by atoms with Crippen LogP contribution >= 0.6 is 11.3 Å². The molecule has 3 amide bonds. The minimum Gasteiger partial charge on any atom is -0.457 e. The molecule has 29 heavy (non-hydrogen) atoms. The number of rotatable bonds is 8. The Hall–Kier alpha value is -3.65. The van der Waals surface area contributed by atoms with Crippen molar-refractivity contribution in [3.8, 4) is 11.5 Å². The van der Waals surface area contributed by atoms with Gasteiger partial charge in [0.15, 0.2) is 0 Å². The van der Waals surface area contributed by atoms with Crippen molar-refractivity contribution in [2.45, 2.75) is 12.8 Å². The van der Waals surface area contributed by atoms with Gasteiger partial charge >= 0.3 is 0 Å². The predicted octanol–water partition coefficient (Wildman–Crippen LogP) is 4.00. The highest BCUT2D eigenvalue weighted by Gasteiger charge is 2.13. The quantitative estimate of drug-likeness (QED) is 0.522. The summed E-state index contributed by atoms with van der Waals surface area (Å²) < 4.78 is 5.70. The van der Waals surface area contributed by atoms with E-state index in [0.717, 1.165) is 5.75 Å². The molecule has 3 rings (SSSR count). The first-order chi connectivity index (χ1) is 14.0. The van der Waals surface area contributed by atoms with Crippen LogP contribution in [0.4, 0.5) is 10.7 Å². The zero-order chi connectivity index (χ0) is 20.6. The summed E-state index contributed by atoms with van der Waals surface area (Å²) in [5, 5.41) is 7.38. The van der Waals surface area contributed by atoms with E-state index in [0.29, 0.717) is 16.4 Å². The lowest BCUT2D eigenvalue weighted by atomic mass is 10.2. The monoisotopic (exact) mass is 409 g/mol. The molecule has 3 aromatic rings. The van der Waals surface area contributed by atoms with Crippen molar-refractivity contribution >= 4 is 39.7 Å². The summed E-state index contributed by atoms with van der Waals surface area (Å²) in [7, 11) is 0. The Labute approximate surface area is 171 Å². The normalized spacial score (nSPS) is 10.2. The molecule has 0 aliphatic heterocycles. The summed E-state index contributed by atoms with van der Waals surface area (Å²) in [5.74, 6) is 0.101. The minimum atomic E-state index is -0.612. The Morgan fingerprint density at radius 3 is 2.10 bits per heavy atom. The Morgan fingerprint density at radius 1 is 0.828 bits per heavy atom. The van der Waals surface area contributed by atoms with Gasteiger partial charge in [-0.05, 0) is 47.8 Å². The Balaban J connectivity index is 1.46. The zero-order valence-corrected chi connectivity index (χ0v) is 16.2. The second-order valence-electron chi connectivity index (χ2n) is 6.06. The number of nitrogens with two attached hydrogens (primary N) is 1. The average Bonchev–Trinajstić information content (AvgIpc) is 3.17. The van der Waals surface area contributed by atoms with Crippen molar-refractivity contribution in [3.63, 3.8) is 0 Å². The fourth-order valence-electron chi connectivity index (χ4n) is 2.47. The number of hydrogen-bond acceptors (Lipinski definition) is 5. The number of amides is 3. The summed E-state index contributed by atoms with van der Waals surface area (Å²) in [6.45, 7) is 0. The first kappa shape index (κ1) is 20.1. The molecule has 4 N–H and O–H groups in total. The molecule has 148 valence electrons. The molecule has 1 aromatic heterocycles. The van der Waals surface area contributed by atoms with Crippen molar-refractivity contribution in [2.24, 2.45) is 5.73 Å². The number of hydrogen-bond donors (Lipinski definition) is 3. The molecule has 0 saturated heterocycles. The molecular formula is C21H19N3O4S. The number of nitrogens with one attached hydrogen (secondary N) is 2. The van der Waals surface area contributed by atoms with Crippen molar-refractivity contribution in [1.29, 1.82) is 0 Å². The van der Waals surface area contributed by atoms with Crippen molar-refractivity contribution < 1.29 is 19.1 Å². The van der Waals surface area contributed by atoms with Crippen LogP contribution in [0.2, 0.25) is 0 Å². The molecule has 1 heterocycles. The van der Waals surface area contributed by atoms with E-state index >= 15 is 0 Å². The van der Waals surface area contributed by atoms with Crippen LogP contribution in [0.25, 0.3) is 0 Å². The van der Waals surface area contributed by atoms with E-state index in [2.05, 4.69) is 10.6 Å². The number of ether oxygens (including phenoxy) is 1. The largest absolute Gasteiger partial charge is 0.457 e. The van der Waals surface area contributed by atoms with Gasteiger partial charge in [0.05, 0.1) is 5.56 Å². The van der Waals surface area contributed by atoms with Crippen LogP contribution in [0, 0.1) is 0 Å². The third-order valence-corrected chi connectivity index (χ3v) is 4.71. The summed E-state index contributed by atoms with van der Waals surface area (Å²) in [4.78, 5) is 35.3. The van der Waals surface area contributed by atoms with E-state index in [-0.39, 0.29) is 30.2 Å². The van der Waals surface area contributed by atoms with Crippen LogP contribution in [-0.4, -0.2) is 17.7 Å². The summed E-state index contributed by atoms with van der Waals surface area (Å²) in [6, 6.07) is 17.9. The van der Waals surface area contributed by atoms with E-state index < -0.39 is 5.91 Å². The van der Waals surface area contributed by atoms with Gasteiger partial charge < -0.3 is 21.1 Å². The summed E-state index contributed by atoms with van der Waals surface area (Å²) >= 11 is 1.20. The Bertz CT molecular complexity index is 1000. The predicted molar refractivity (Wildman–Crippen MR) is 112 cm³/mol. The highest BCUT2D eigenvalue weighted by molar-refractivity contribution is 7.14. The molecule has 2 aromatic carbocycles. The number of carbonyl (C=O) groups is 3. The molecule has 0 saturated carbocycles. The molecule has 0 aliphatic rings. The minimum absolute atomic E-state index is 0.00534. The van der Waals surface area contributed by atoms with Crippen LogP contribution in [0.5, 0.6) is 11.5 Å². The van der Waals surface area contributed by atoms with Gasteiger partial charge in [-0.3, -0.25) is 14.4 Å². The highest BCUT2D eigenvalue weighted by atomic mass is 32.1. The number of thiophene rings is 1. The third-order valence-electron chi connectivity index (χ3n) is 3.88. The summed E-state index contributed by atoms with van der Waals surface area (Å²) in [6.07, 6.45) is -0.0114. The molecule has 0 radical (unpaired) electrons. The number of primary amides is 1. The summed E-state index contributed by atoms with van der Waals surface area (Å²) in [5.41, 5.74) is 6.10. The maximum Gasteiger partial charge on any atom is 0.251 e. The smallest absolute Gasteiger partial charge is 0.251 e. The molecule has 7 nitrogen and oxygen atoms in total. The van der Waals surface area contributed by atoms with Crippen molar-refractivity contribution in [1.82, 2.24) is 0 Å². The molecule has 0 atom stereocenters. The van der Waals surface area contributed by atoms with Gasteiger partial charge in [-0.15, -0.1) is 11.3 Å². The van der Waals surface area contributed by atoms with E-state index in [1.807, 2.05) is 30.3 Å². The number of benzene rings is 2. The zero-order valence-electron chi connectivity index (χ0n) is 15.4. The van der Waals surface area contributed by atoms with Crippen LogP contribution < -0.4 is 21.1 Å². The molecule has 0 aliphatic carbocycles. The SMILES string of the molecule is NC(=O)c1ccsc1NC(=O)CCC(=O)Nc1ccc(Oc2ccccc2)cc1. The standard InChI is InChI=1S/C21H19N3O4S/c22-20(27)17-12-13-29-21(17)24-19(26)11-10-18(25)23-14-6-8-16(9-7-14)28-15-4-2-1-3-5-15/h1-9,12-13H,10-11H2,(H2,22,27)(H,23,25)(H,24,26). The maximum absolute atomic E-state index is 12.1. The third kappa shape index (κ3) is 5.91. The van der Waals surface area contributed by atoms with Crippen LogP contribution in [0.3, 0.4) is 0 Å². The molecule has 8 heteroatoms. The second-order valence-corrected chi connectivity index (χ2v) is 6.98. The van der Waals surface area contributed by atoms with Gasteiger partial charge in [0.2, 0.25) is 11.8 Å². The fraction of sp³-hybridized carbons (Fsp3) is 0.0952. The molecule has 0 spiro atoms. The van der Waals surface area contributed by atoms with Crippen molar-refractivity contribution in [3.05, 3.63) is 71.6 Å². The van der Waals surface area contributed by atoms with E-state index in [1.165, 1.54) is 11.3 Å². The lowest BCUT2D eigenvalue weighted by Crippen LogP contribution is -2.19. The first-order valence-corrected chi connectivity index (χ1v) is 9.69. The molecular weight excluding hydrogens is 390 g/mol. The molecule has 0 unspecified atom stereocenters. The number of para-hydroxylation sites is 1. The van der Waals surface area contributed by atoms with Gasteiger partial charge in [0, 0.05) is 18.5 Å². The van der Waals surface area contributed by atoms with E-state index in [1.54, 1.807) is 35.7 Å². The van der Waals surface area contributed by atoms with Crippen LogP contribution in [0.1, 0.15) is 23.2 Å². The highest BCUT2D eigenvalue weighted by Crippen LogP contribution is 2.24. The maximum atomic E-state index is 12.1. The number of carbonyl (C=O) groups excluding carboxylic acids is 3. The molecule has 0 bridgehead atoms. The van der Waals surface area contributed by atoms with E-state index in [9.17, 15) is 14.4 Å². The van der Waals surface area contributed by atoms with Crippen LogP contribution in [-0.2, 0) is 9.59 Å². The van der Waals surface area contributed by atoms with Crippen LogP contribution in [0.15, 0.2) is 66.0 Å². The van der Waals surface area contributed by atoms with Gasteiger partial charge in [-0.25, -0.2) is 0 Å². The first-order valence-electron chi connectivity index (χ1n) is 8.81. The van der Waals surface area contributed by atoms with Gasteiger partial charge in [-0.1, -0.05) is 18.2 Å². The van der Waals surface area contributed by atoms with Crippen molar-refractivity contribution in [2.75, 3.05) is 10.6 Å². The van der Waals surface area contributed by atoms with Gasteiger partial charge in [0.25, 0.3) is 5.91 Å². The van der Waals surface area contributed by atoms with E-state index in [4.69, 9.17) is 10.5 Å². The fourth-order valence-corrected chi connectivity index (χ4v) is 3.28. The molecule has 0 fully saturated rings. The second kappa shape index (κ2) is 9.52. The lowest BCUT2D eigenvalue weighted by molar-refractivity contribution is -0.121. The lowest BCUT2D eigenvalue weighted by Gasteiger charge is -2.08. The van der Waals surface area contributed by atoms with Gasteiger partial charge in [-0.2, -0.15) is 0 Å². The average molecular weight is 409 g/mol. The Kier molecular flexibility index (Phi) is 6.59. The Morgan fingerprint density at radius 2 is 1.45 bits per heavy atom.